The van der Waals surface area contributed by atoms with E-state index in [9.17, 15) is 4.79 Å². The Morgan fingerprint density at radius 1 is 1.44 bits per heavy atom. The van der Waals surface area contributed by atoms with Crippen molar-refractivity contribution >= 4 is 12.0 Å². The fraction of sp³-hybridized carbons (Fsp3) is 0.143. The Kier molecular flexibility index (Phi) is 3.91. The summed E-state index contributed by atoms with van der Waals surface area (Å²) < 4.78 is 5.32. The fourth-order valence-electron chi connectivity index (χ4n) is 1.45. The van der Waals surface area contributed by atoms with Gasteiger partial charge in [0.15, 0.2) is 0 Å². The maximum absolute atomic E-state index is 11.5. The normalized spacial score (nSPS) is 10.7. The number of nitrogens with zero attached hydrogens (tertiary/aromatic N) is 1. The van der Waals surface area contributed by atoms with Gasteiger partial charge in [0.2, 0.25) is 5.91 Å². The van der Waals surface area contributed by atoms with Crippen LogP contribution in [0.1, 0.15) is 17.1 Å². The van der Waals surface area contributed by atoms with Crippen LogP contribution >= 0.6 is 0 Å². The number of hydrogen-bond donors (Lipinski definition) is 1. The zero-order chi connectivity index (χ0) is 12.8. The number of carbonyl (C=O) groups excluding carboxylic acids is 1. The van der Waals surface area contributed by atoms with Gasteiger partial charge < -0.3 is 9.73 Å². The molecule has 0 atom stereocenters. The van der Waals surface area contributed by atoms with Crippen molar-refractivity contribution in [1.29, 1.82) is 0 Å². The molecule has 0 aliphatic heterocycles. The van der Waals surface area contributed by atoms with Gasteiger partial charge in [-0.15, -0.1) is 0 Å². The van der Waals surface area contributed by atoms with E-state index in [2.05, 4.69) is 10.3 Å². The molecule has 0 unspecified atom stereocenters. The summed E-state index contributed by atoms with van der Waals surface area (Å²) in [6, 6.07) is 7.42. The van der Waals surface area contributed by atoms with Gasteiger partial charge >= 0.3 is 0 Å². The van der Waals surface area contributed by atoms with E-state index in [0.717, 1.165) is 11.3 Å². The molecular formula is C14H14N2O2. The highest BCUT2D eigenvalue weighted by molar-refractivity contribution is 5.91. The van der Waals surface area contributed by atoms with Gasteiger partial charge in [-0.05, 0) is 36.8 Å². The van der Waals surface area contributed by atoms with Crippen molar-refractivity contribution in [2.45, 2.75) is 13.5 Å². The minimum atomic E-state index is -0.159. The molecule has 0 fully saturated rings. The van der Waals surface area contributed by atoms with Crippen LogP contribution in [0.15, 0.2) is 47.2 Å². The molecule has 1 amide bonds. The number of rotatable bonds is 4. The lowest BCUT2D eigenvalue weighted by Gasteiger charge is -2.00. The van der Waals surface area contributed by atoms with Crippen LogP contribution in [0.5, 0.6) is 0 Å². The SMILES string of the molecule is Cc1ccc(C=CC(=O)NCc2cccnc2)o1. The van der Waals surface area contributed by atoms with Gasteiger partial charge in [-0.3, -0.25) is 9.78 Å². The highest BCUT2D eigenvalue weighted by Gasteiger charge is 1.98. The summed E-state index contributed by atoms with van der Waals surface area (Å²) in [4.78, 5) is 15.5. The van der Waals surface area contributed by atoms with E-state index < -0.39 is 0 Å². The predicted octanol–water partition coefficient (Wildman–Crippen LogP) is 2.31. The fourth-order valence-corrected chi connectivity index (χ4v) is 1.45. The van der Waals surface area contributed by atoms with E-state index in [1.807, 2.05) is 31.2 Å². The number of furan rings is 1. The summed E-state index contributed by atoms with van der Waals surface area (Å²) in [5.41, 5.74) is 0.966. The number of nitrogens with one attached hydrogen (secondary N) is 1. The summed E-state index contributed by atoms with van der Waals surface area (Å²) >= 11 is 0. The van der Waals surface area contributed by atoms with Gasteiger partial charge in [0.25, 0.3) is 0 Å². The van der Waals surface area contributed by atoms with Crippen molar-refractivity contribution in [2.75, 3.05) is 0 Å². The minimum absolute atomic E-state index is 0.159. The van der Waals surface area contributed by atoms with Crippen LogP contribution in [0, 0.1) is 6.92 Å². The van der Waals surface area contributed by atoms with Crippen LogP contribution in [0.4, 0.5) is 0 Å². The molecule has 18 heavy (non-hydrogen) atoms. The number of carbonyl (C=O) groups is 1. The molecule has 0 spiro atoms. The molecule has 4 heteroatoms. The first-order valence-corrected chi connectivity index (χ1v) is 5.65. The lowest BCUT2D eigenvalue weighted by Crippen LogP contribution is -2.20. The zero-order valence-electron chi connectivity index (χ0n) is 10.1. The first-order valence-electron chi connectivity index (χ1n) is 5.65. The molecule has 0 aliphatic rings. The lowest BCUT2D eigenvalue weighted by atomic mass is 10.3. The Hall–Kier alpha value is -2.36. The number of aromatic nitrogens is 1. The van der Waals surface area contributed by atoms with E-state index in [0.29, 0.717) is 12.3 Å². The van der Waals surface area contributed by atoms with E-state index in [1.54, 1.807) is 18.5 Å². The van der Waals surface area contributed by atoms with Crippen molar-refractivity contribution in [2.24, 2.45) is 0 Å². The second-order valence-corrected chi connectivity index (χ2v) is 3.86. The molecule has 0 aromatic carbocycles. The van der Waals surface area contributed by atoms with E-state index in [-0.39, 0.29) is 5.91 Å². The Labute approximate surface area is 105 Å². The third-order valence-electron chi connectivity index (χ3n) is 2.35. The maximum Gasteiger partial charge on any atom is 0.244 e. The molecule has 0 saturated heterocycles. The van der Waals surface area contributed by atoms with Crippen LogP contribution < -0.4 is 5.32 Å². The average Bonchev–Trinajstić information content (AvgIpc) is 2.81. The largest absolute Gasteiger partial charge is 0.462 e. The van der Waals surface area contributed by atoms with E-state index in [4.69, 9.17) is 4.42 Å². The van der Waals surface area contributed by atoms with Crippen LogP contribution in [0.3, 0.4) is 0 Å². The third-order valence-corrected chi connectivity index (χ3v) is 2.35. The van der Waals surface area contributed by atoms with Crippen molar-refractivity contribution in [3.63, 3.8) is 0 Å². The standard InChI is InChI=1S/C14H14N2O2/c1-11-4-5-13(18-11)6-7-14(17)16-10-12-3-2-8-15-9-12/h2-9H,10H2,1H3,(H,16,17). The lowest BCUT2D eigenvalue weighted by molar-refractivity contribution is -0.116. The number of amides is 1. The van der Waals surface area contributed by atoms with Crippen molar-refractivity contribution in [3.05, 3.63) is 59.8 Å². The van der Waals surface area contributed by atoms with Gasteiger partial charge in [-0.25, -0.2) is 0 Å². The van der Waals surface area contributed by atoms with Crippen LogP contribution in [-0.4, -0.2) is 10.9 Å². The van der Waals surface area contributed by atoms with Crippen LogP contribution in [-0.2, 0) is 11.3 Å². The summed E-state index contributed by atoms with van der Waals surface area (Å²) in [5.74, 6) is 1.34. The summed E-state index contributed by atoms with van der Waals surface area (Å²) in [7, 11) is 0. The average molecular weight is 242 g/mol. The number of hydrogen-bond acceptors (Lipinski definition) is 3. The molecule has 0 radical (unpaired) electrons. The van der Waals surface area contributed by atoms with Crippen LogP contribution in [0.25, 0.3) is 6.08 Å². The Balaban J connectivity index is 1.84. The molecule has 2 heterocycles. The molecular weight excluding hydrogens is 228 g/mol. The van der Waals surface area contributed by atoms with Gasteiger partial charge in [0.1, 0.15) is 11.5 Å². The first-order chi connectivity index (χ1) is 8.74. The Bertz CT molecular complexity index is 544. The van der Waals surface area contributed by atoms with Crippen molar-refractivity contribution in [3.8, 4) is 0 Å². The molecule has 0 bridgehead atoms. The molecule has 4 nitrogen and oxygen atoms in total. The molecule has 92 valence electrons. The summed E-state index contributed by atoms with van der Waals surface area (Å²) in [6.45, 7) is 2.33. The number of pyridine rings is 1. The highest BCUT2D eigenvalue weighted by Crippen LogP contribution is 2.07. The molecule has 0 aliphatic carbocycles. The monoisotopic (exact) mass is 242 g/mol. The zero-order valence-corrected chi connectivity index (χ0v) is 10.1. The van der Waals surface area contributed by atoms with Crippen LogP contribution in [0.2, 0.25) is 0 Å². The summed E-state index contributed by atoms with van der Waals surface area (Å²) in [6.07, 6.45) is 6.52. The highest BCUT2D eigenvalue weighted by atomic mass is 16.3. The molecule has 2 rings (SSSR count). The maximum atomic E-state index is 11.5. The van der Waals surface area contributed by atoms with Crippen molar-refractivity contribution in [1.82, 2.24) is 10.3 Å². The van der Waals surface area contributed by atoms with Crippen molar-refractivity contribution < 1.29 is 9.21 Å². The van der Waals surface area contributed by atoms with E-state index in [1.165, 1.54) is 6.08 Å². The first kappa shape index (κ1) is 12.1. The number of aryl methyl sites for hydroxylation is 1. The third kappa shape index (κ3) is 3.59. The molecule has 1 N–H and O–H groups in total. The minimum Gasteiger partial charge on any atom is -0.462 e. The van der Waals surface area contributed by atoms with Gasteiger partial charge in [-0.2, -0.15) is 0 Å². The second kappa shape index (κ2) is 5.82. The van der Waals surface area contributed by atoms with Gasteiger partial charge in [0.05, 0.1) is 0 Å². The molecule has 2 aromatic heterocycles. The molecule has 2 aromatic rings. The Morgan fingerprint density at radius 3 is 3.00 bits per heavy atom. The van der Waals surface area contributed by atoms with E-state index >= 15 is 0 Å². The van der Waals surface area contributed by atoms with Gasteiger partial charge in [0, 0.05) is 25.0 Å². The second-order valence-electron chi connectivity index (χ2n) is 3.86. The smallest absolute Gasteiger partial charge is 0.244 e. The van der Waals surface area contributed by atoms with Gasteiger partial charge in [-0.1, -0.05) is 6.07 Å². The Morgan fingerprint density at radius 2 is 2.33 bits per heavy atom. The topological polar surface area (TPSA) is 55.1 Å². The quantitative estimate of drug-likeness (QED) is 0.837. The molecule has 0 saturated carbocycles. The predicted molar refractivity (Wildman–Crippen MR) is 68.6 cm³/mol. The summed E-state index contributed by atoms with van der Waals surface area (Å²) in [5, 5.41) is 2.77.